The van der Waals surface area contributed by atoms with Gasteiger partial charge in [-0.1, -0.05) is 15.9 Å². The predicted molar refractivity (Wildman–Crippen MR) is 92.6 cm³/mol. The molecule has 1 atom stereocenters. The molecule has 1 fully saturated rings. The molecule has 0 aliphatic carbocycles. The Bertz CT molecular complexity index is 722. The zero-order valence-corrected chi connectivity index (χ0v) is 15.2. The summed E-state index contributed by atoms with van der Waals surface area (Å²) in [7, 11) is 3.94. The smallest absolute Gasteiger partial charge is 0.263 e. The molecular formula is C16H21BrN4O2. The van der Waals surface area contributed by atoms with Gasteiger partial charge in [-0.25, -0.2) is 0 Å². The minimum atomic E-state index is -0.546. The van der Waals surface area contributed by atoms with Crippen LogP contribution >= 0.6 is 15.9 Å². The SMILES string of the molecule is C[C@H](Oc1nn(C)c2ccc(Br)cc12)C(=O)N1CCN(C)CC1. The van der Waals surface area contributed by atoms with E-state index in [2.05, 4.69) is 33.0 Å². The Labute approximate surface area is 144 Å². The summed E-state index contributed by atoms with van der Waals surface area (Å²) in [6.45, 7) is 5.09. The van der Waals surface area contributed by atoms with Crippen LogP contribution in [0.3, 0.4) is 0 Å². The van der Waals surface area contributed by atoms with E-state index >= 15 is 0 Å². The molecule has 1 amide bonds. The molecule has 0 bridgehead atoms. The molecule has 3 rings (SSSR count). The van der Waals surface area contributed by atoms with Gasteiger partial charge in [0.1, 0.15) is 0 Å². The molecule has 7 heteroatoms. The molecule has 0 N–H and O–H groups in total. The van der Waals surface area contributed by atoms with E-state index in [-0.39, 0.29) is 5.91 Å². The number of carbonyl (C=O) groups is 1. The lowest BCUT2D eigenvalue weighted by Gasteiger charge is -2.33. The summed E-state index contributed by atoms with van der Waals surface area (Å²) in [6, 6.07) is 5.91. The van der Waals surface area contributed by atoms with Gasteiger partial charge < -0.3 is 14.5 Å². The van der Waals surface area contributed by atoms with Crippen LogP contribution in [0, 0.1) is 0 Å². The lowest BCUT2D eigenvalue weighted by atomic mass is 10.2. The van der Waals surface area contributed by atoms with E-state index in [1.807, 2.05) is 30.1 Å². The average molecular weight is 381 g/mol. The van der Waals surface area contributed by atoms with Crippen molar-refractivity contribution in [3.63, 3.8) is 0 Å². The molecule has 1 aliphatic rings. The number of nitrogens with zero attached hydrogens (tertiary/aromatic N) is 4. The van der Waals surface area contributed by atoms with Gasteiger partial charge in [-0.3, -0.25) is 9.48 Å². The lowest BCUT2D eigenvalue weighted by molar-refractivity contribution is -0.139. The van der Waals surface area contributed by atoms with Gasteiger partial charge >= 0.3 is 0 Å². The van der Waals surface area contributed by atoms with E-state index in [1.165, 1.54) is 0 Å². The highest BCUT2D eigenvalue weighted by Crippen LogP contribution is 2.28. The number of likely N-dealkylation sites (N-methyl/N-ethyl adjacent to an activating group) is 1. The Kier molecular flexibility index (Phi) is 4.59. The van der Waals surface area contributed by atoms with Crippen LogP contribution < -0.4 is 4.74 Å². The fourth-order valence-corrected chi connectivity index (χ4v) is 3.16. The minimum absolute atomic E-state index is 0.0203. The molecule has 0 saturated carbocycles. The van der Waals surface area contributed by atoms with Crippen LogP contribution in [0.4, 0.5) is 0 Å². The highest BCUT2D eigenvalue weighted by molar-refractivity contribution is 9.10. The van der Waals surface area contributed by atoms with Gasteiger partial charge in [0, 0.05) is 37.7 Å². The molecule has 1 aromatic heterocycles. The van der Waals surface area contributed by atoms with Gasteiger partial charge in [0.2, 0.25) is 5.88 Å². The van der Waals surface area contributed by atoms with E-state index in [0.29, 0.717) is 5.88 Å². The fraction of sp³-hybridized carbons (Fsp3) is 0.500. The van der Waals surface area contributed by atoms with Gasteiger partial charge in [-0.15, -0.1) is 5.10 Å². The average Bonchev–Trinajstić information content (AvgIpc) is 2.83. The second-order valence-electron chi connectivity index (χ2n) is 5.98. The maximum absolute atomic E-state index is 12.6. The van der Waals surface area contributed by atoms with Gasteiger partial charge in [-0.2, -0.15) is 0 Å². The first-order valence-electron chi connectivity index (χ1n) is 7.72. The Hall–Kier alpha value is -1.60. The number of aryl methyl sites for hydroxylation is 1. The normalized spacial score (nSPS) is 17.5. The van der Waals surface area contributed by atoms with Crippen LogP contribution in [0.25, 0.3) is 10.9 Å². The Morgan fingerprint density at radius 1 is 1.26 bits per heavy atom. The first-order chi connectivity index (χ1) is 11.0. The van der Waals surface area contributed by atoms with Crippen LogP contribution in [0.1, 0.15) is 6.92 Å². The van der Waals surface area contributed by atoms with E-state index in [0.717, 1.165) is 41.6 Å². The van der Waals surface area contributed by atoms with E-state index < -0.39 is 6.10 Å². The topological polar surface area (TPSA) is 50.6 Å². The minimum Gasteiger partial charge on any atom is -0.463 e. The number of ether oxygens (including phenoxy) is 1. The van der Waals surface area contributed by atoms with Gasteiger partial charge in [0.25, 0.3) is 5.91 Å². The highest BCUT2D eigenvalue weighted by atomic mass is 79.9. The molecule has 0 spiro atoms. The van der Waals surface area contributed by atoms with Crippen molar-refractivity contribution in [3.8, 4) is 5.88 Å². The highest BCUT2D eigenvalue weighted by Gasteiger charge is 2.26. The third-order valence-corrected chi connectivity index (χ3v) is 4.72. The van der Waals surface area contributed by atoms with Gasteiger partial charge in [0.15, 0.2) is 6.10 Å². The summed E-state index contributed by atoms with van der Waals surface area (Å²) in [4.78, 5) is 16.6. The summed E-state index contributed by atoms with van der Waals surface area (Å²) >= 11 is 3.47. The van der Waals surface area contributed by atoms with E-state index in [1.54, 1.807) is 11.6 Å². The molecule has 0 radical (unpaired) electrons. The van der Waals surface area contributed by atoms with Crippen molar-refractivity contribution in [2.24, 2.45) is 7.05 Å². The summed E-state index contributed by atoms with van der Waals surface area (Å²) in [5, 5.41) is 5.31. The summed E-state index contributed by atoms with van der Waals surface area (Å²) in [6.07, 6.45) is -0.546. The molecular weight excluding hydrogens is 360 g/mol. The number of halogens is 1. The number of carbonyl (C=O) groups excluding carboxylic acids is 1. The molecule has 6 nitrogen and oxygen atoms in total. The van der Waals surface area contributed by atoms with Crippen LogP contribution in [-0.4, -0.2) is 64.8 Å². The van der Waals surface area contributed by atoms with Crippen molar-refractivity contribution in [1.29, 1.82) is 0 Å². The van der Waals surface area contributed by atoms with Crippen molar-refractivity contribution in [1.82, 2.24) is 19.6 Å². The summed E-state index contributed by atoms with van der Waals surface area (Å²) in [5.41, 5.74) is 0.974. The third-order valence-electron chi connectivity index (χ3n) is 4.23. The molecule has 2 aromatic rings. The first-order valence-corrected chi connectivity index (χ1v) is 8.51. The molecule has 1 aromatic carbocycles. The second-order valence-corrected chi connectivity index (χ2v) is 6.89. The van der Waals surface area contributed by atoms with Crippen molar-refractivity contribution < 1.29 is 9.53 Å². The van der Waals surface area contributed by atoms with Crippen LogP contribution in [0.15, 0.2) is 22.7 Å². The Morgan fingerprint density at radius 2 is 1.96 bits per heavy atom. The largest absolute Gasteiger partial charge is 0.463 e. The van der Waals surface area contributed by atoms with Crippen LogP contribution in [0.5, 0.6) is 5.88 Å². The monoisotopic (exact) mass is 380 g/mol. The van der Waals surface area contributed by atoms with E-state index in [4.69, 9.17) is 4.74 Å². The van der Waals surface area contributed by atoms with Crippen molar-refractivity contribution in [2.45, 2.75) is 13.0 Å². The molecule has 1 aliphatic heterocycles. The van der Waals surface area contributed by atoms with Crippen molar-refractivity contribution in [3.05, 3.63) is 22.7 Å². The number of hydrogen-bond acceptors (Lipinski definition) is 4. The number of hydrogen-bond donors (Lipinski definition) is 0. The number of piperazine rings is 1. The third kappa shape index (κ3) is 3.35. The van der Waals surface area contributed by atoms with Crippen molar-refractivity contribution in [2.75, 3.05) is 33.2 Å². The maximum atomic E-state index is 12.6. The maximum Gasteiger partial charge on any atom is 0.263 e. The number of amides is 1. The molecule has 124 valence electrons. The van der Waals surface area contributed by atoms with Crippen molar-refractivity contribution >= 4 is 32.7 Å². The lowest BCUT2D eigenvalue weighted by Crippen LogP contribution is -2.50. The molecule has 0 unspecified atom stereocenters. The standard InChI is InChI=1S/C16H21BrN4O2/c1-11(16(22)21-8-6-19(2)7-9-21)23-15-13-10-12(17)4-5-14(13)20(3)18-15/h4-5,10-11H,6-9H2,1-3H3/t11-/m0/s1. The fourth-order valence-electron chi connectivity index (χ4n) is 2.79. The second kappa shape index (κ2) is 6.49. The number of fused-ring (bicyclic) bond motifs is 1. The zero-order valence-electron chi connectivity index (χ0n) is 13.6. The molecule has 1 saturated heterocycles. The van der Waals surface area contributed by atoms with Gasteiger partial charge in [-0.05, 0) is 32.2 Å². The summed E-state index contributed by atoms with van der Waals surface area (Å²) < 4.78 is 8.61. The quantitative estimate of drug-likeness (QED) is 0.815. The van der Waals surface area contributed by atoms with Gasteiger partial charge in [0.05, 0.1) is 10.9 Å². The van der Waals surface area contributed by atoms with Crippen LogP contribution in [0.2, 0.25) is 0 Å². The molecule has 2 heterocycles. The number of benzene rings is 1. The Balaban J connectivity index is 1.76. The molecule has 23 heavy (non-hydrogen) atoms. The first kappa shape index (κ1) is 16.3. The predicted octanol–water partition coefficient (Wildman–Crippen LogP) is 1.88. The van der Waals surface area contributed by atoms with Crippen LogP contribution in [-0.2, 0) is 11.8 Å². The number of aromatic nitrogens is 2. The zero-order chi connectivity index (χ0) is 16.6. The summed E-state index contributed by atoms with van der Waals surface area (Å²) in [5.74, 6) is 0.519. The van der Waals surface area contributed by atoms with E-state index in [9.17, 15) is 4.79 Å². The Morgan fingerprint density at radius 3 is 2.65 bits per heavy atom. The number of rotatable bonds is 3.